The van der Waals surface area contributed by atoms with E-state index in [1.807, 2.05) is 0 Å². The van der Waals surface area contributed by atoms with Gasteiger partial charge in [0.25, 0.3) is 5.56 Å². The van der Waals surface area contributed by atoms with Gasteiger partial charge in [-0.15, -0.1) is 0 Å². The summed E-state index contributed by atoms with van der Waals surface area (Å²) in [4.78, 5) is 14.0. The van der Waals surface area contributed by atoms with E-state index in [9.17, 15) is 23.1 Å². The Hall–Kier alpha value is -2.77. The summed E-state index contributed by atoms with van der Waals surface area (Å²) in [5, 5.41) is 13.6. The van der Waals surface area contributed by atoms with Crippen molar-refractivity contribution in [2.24, 2.45) is 0 Å². The molecule has 0 aliphatic rings. The van der Waals surface area contributed by atoms with Crippen LogP contribution in [0.5, 0.6) is 5.88 Å². The van der Waals surface area contributed by atoms with Crippen LogP contribution in [-0.4, -0.2) is 19.7 Å². The second-order valence-corrected chi connectivity index (χ2v) is 5.19. The average molecular weight is 323 g/mol. The van der Waals surface area contributed by atoms with E-state index in [2.05, 4.69) is 10.1 Å². The molecule has 0 aliphatic heterocycles. The second kappa shape index (κ2) is 5.15. The van der Waals surface area contributed by atoms with Gasteiger partial charge in [-0.1, -0.05) is 12.1 Å². The second-order valence-electron chi connectivity index (χ2n) is 5.19. The number of hydrogen-bond acceptors (Lipinski definition) is 3. The van der Waals surface area contributed by atoms with Crippen molar-refractivity contribution in [3.05, 3.63) is 63.1 Å². The molecule has 2 N–H and O–H groups in total. The van der Waals surface area contributed by atoms with Crippen LogP contribution in [0, 0.1) is 6.92 Å². The summed E-state index contributed by atoms with van der Waals surface area (Å²) in [6.45, 7) is 1.41. The predicted octanol–water partition coefficient (Wildman–Crippen LogP) is 2.65. The number of aromatic nitrogens is 3. The molecule has 2 heterocycles. The number of aromatic amines is 1. The summed E-state index contributed by atoms with van der Waals surface area (Å²) >= 11 is 0. The van der Waals surface area contributed by atoms with Gasteiger partial charge in [-0.3, -0.25) is 4.79 Å². The Kier molecular flexibility index (Phi) is 3.39. The number of aromatic hydroxyl groups is 1. The molecule has 0 saturated heterocycles. The number of benzene rings is 1. The quantitative estimate of drug-likeness (QED) is 0.762. The summed E-state index contributed by atoms with van der Waals surface area (Å²) < 4.78 is 40.0. The van der Waals surface area contributed by atoms with Crippen LogP contribution in [0.1, 0.15) is 22.3 Å². The highest BCUT2D eigenvalue weighted by Gasteiger charge is 2.32. The van der Waals surface area contributed by atoms with Crippen molar-refractivity contribution < 1.29 is 18.3 Å². The maximum absolute atomic E-state index is 13.0. The van der Waals surface area contributed by atoms with Crippen LogP contribution in [0.3, 0.4) is 0 Å². The summed E-state index contributed by atoms with van der Waals surface area (Å²) in [5.74, 6) is -0.337. The summed E-state index contributed by atoms with van der Waals surface area (Å²) in [7, 11) is 0. The van der Waals surface area contributed by atoms with E-state index in [1.54, 1.807) is 6.07 Å². The topological polar surface area (TPSA) is 70.4 Å². The summed E-state index contributed by atoms with van der Waals surface area (Å²) in [5.41, 5.74) is 0.160. The normalized spacial score (nSPS) is 12.0. The molecule has 0 spiro atoms. The number of alkyl halides is 3. The first-order valence-electron chi connectivity index (χ1n) is 6.72. The molecule has 3 rings (SSSR count). The van der Waals surface area contributed by atoms with Gasteiger partial charge in [0.15, 0.2) is 0 Å². The van der Waals surface area contributed by atoms with Gasteiger partial charge in [-0.05, 0) is 24.1 Å². The zero-order valence-electron chi connectivity index (χ0n) is 12.0. The molecule has 0 saturated carbocycles. The fourth-order valence-corrected chi connectivity index (χ4v) is 2.54. The lowest BCUT2D eigenvalue weighted by molar-refractivity contribution is -0.138. The van der Waals surface area contributed by atoms with E-state index in [0.717, 1.165) is 16.6 Å². The number of rotatable bonds is 2. The van der Waals surface area contributed by atoms with Crippen LogP contribution in [0.4, 0.5) is 13.2 Å². The molecule has 0 amide bonds. The molecule has 8 heteroatoms. The van der Waals surface area contributed by atoms with Gasteiger partial charge in [-0.25, -0.2) is 0 Å². The first-order valence-corrected chi connectivity index (χ1v) is 6.72. The van der Waals surface area contributed by atoms with Crippen molar-refractivity contribution in [3.63, 3.8) is 0 Å². The van der Waals surface area contributed by atoms with Gasteiger partial charge < -0.3 is 10.1 Å². The number of halogens is 3. The fourth-order valence-electron chi connectivity index (χ4n) is 2.54. The van der Waals surface area contributed by atoms with E-state index in [4.69, 9.17) is 0 Å². The molecule has 3 aromatic rings. The van der Waals surface area contributed by atoms with Crippen LogP contribution < -0.4 is 5.56 Å². The zero-order valence-corrected chi connectivity index (χ0v) is 12.0. The SMILES string of the molecule is Cc1c(Cc2cnn3c(O)cc(=O)[nH]c23)cccc1C(F)(F)F. The Balaban J connectivity index is 2.09. The smallest absolute Gasteiger partial charge is 0.416 e. The van der Waals surface area contributed by atoms with Crippen LogP contribution in [0.25, 0.3) is 5.65 Å². The minimum atomic E-state index is -4.42. The third-order valence-electron chi connectivity index (χ3n) is 3.70. The molecule has 0 radical (unpaired) electrons. The molecule has 0 aliphatic carbocycles. The molecule has 0 bridgehead atoms. The Labute approximate surface area is 128 Å². The lowest BCUT2D eigenvalue weighted by Gasteiger charge is -2.13. The van der Waals surface area contributed by atoms with Crippen molar-refractivity contribution in [2.45, 2.75) is 19.5 Å². The molecule has 120 valence electrons. The number of fused-ring (bicyclic) bond motifs is 1. The van der Waals surface area contributed by atoms with E-state index in [1.165, 1.54) is 19.2 Å². The minimum absolute atomic E-state index is 0.127. The number of nitrogens with one attached hydrogen (secondary N) is 1. The van der Waals surface area contributed by atoms with Crippen LogP contribution >= 0.6 is 0 Å². The monoisotopic (exact) mass is 323 g/mol. The first kappa shape index (κ1) is 15.1. The van der Waals surface area contributed by atoms with Crippen molar-refractivity contribution >= 4 is 5.65 Å². The maximum atomic E-state index is 13.0. The van der Waals surface area contributed by atoms with Crippen LogP contribution in [0.15, 0.2) is 35.3 Å². The lowest BCUT2D eigenvalue weighted by Crippen LogP contribution is -2.10. The van der Waals surface area contributed by atoms with Crippen molar-refractivity contribution in [1.29, 1.82) is 0 Å². The van der Waals surface area contributed by atoms with Crippen molar-refractivity contribution in [1.82, 2.24) is 14.6 Å². The molecule has 0 fully saturated rings. The van der Waals surface area contributed by atoms with E-state index in [-0.39, 0.29) is 23.5 Å². The van der Waals surface area contributed by atoms with Gasteiger partial charge in [0.2, 0.25) is 5.88 Å². The lowest BCUT2D eigenvalue weighted by atomic mass is 9.97. The fraction of sp³-hybridized carbons (Fsp3) is 0.200. The van der Waals surface area contributed by atoms with E-state index >= 15 is 0 Å². The number of nitrogens with zero attached hydrogens (tertiary/aromatic N) is 2. The minimum Gasteiger partial charge on any atom is -0.493 e. The summed E-state index contributed by atoms with van der Waals surface area (Å²) in [6, 6.07) is 4.94. The molecule has 23 heavy (non-hydrogen) atoms. The highest BCUT2D eigenvalue weighted by Crippen LogP contribution is 2.33. The highest BCUT2D eigenvalue weighted by molar-refractivity contribution is 5.51. The Morgan fingerprint density at radius 2 is 2.04 bits per heavy atom. The highest BCUT2D eigenvalue weighted by atomic mass is 19.4. The number of hydrogen-bond donors (Lipinski definition) is 2. The maximum Gasteiger partial charge on any atom is 0.416 e. The molecule has 0 unspecified atom stereocenters. The third kappa shape index (κ3) is 2.67. The molecule has 5 nitrogen and oxygen atoms in total. The summed E-state index contributed by atoms with van der Waals surface area (Å²) in [6.07, 6.45) is -2.86. The largest absolute Gasteiger partial charge is 0.493 e. The Bertz CT molecular complexity index is 941. The van der Waals surface area contributed by atoms with Gasteiger partial charge in [0.1, 0.15) is 5.65 Å². The molecule has 1 aromatic carbocycles. The molecular weight excluding hydrogens is 311 g/mol. The molecule has 2 aromatic heterocycles. The van der Waals surface area contributed by atoms with Gasteiger partial charge >= 0.3 is 6.18 Å². The van der Waals surface area contributed by atoms with Gasteiger partial charge in [-0.2, -0.15) is 22.8 Å². The third-order valence-corrected chi connectivity index (χ3v) is 3.70. The zero-order chi connectivity index (χ0) is 16.8. The Morgan fingerprint density at radius 3 is 2.74 bits per heavy atom. The molecule has 0 atom stereocenters. The van der Waals surface area contributed by atoms with Gasteiger partial charge in [0.05, 0.1) is 17.8 Å². The van der Waals surface area contributed by atoms with Crippen LogP contribution in [-0.2, 0) is 12.6 Å². The predicted molar refractivity (Wildman–Crippen MR) is 76.5 cm³/mol. The standard InChI is InChI=1S/C15H12F3N3O2/c1-8-9(3-2-4-11(8)15(16,17)18)5-10-7-19-21-13(23)6-12(22)20-14(10)21/h2-4,6-7,23H,5H2,1H3,(H,20,22). The Morgan fingerprint density at radius 1 is 1.30 bits per heavy atom. The molecular formula is C15H12F3N3O2. The average Bonchev–Trinajstić information content (AvgIpc) is 2.83. The first-order chi connectivity index (χ1) is 10.8. The van der Waals surface area contributed by atoms with E-state index in [0.29, 0.717) is 11.1 Å². The van der Waals surface area contributed by atoms with Gasteiger partial charge in [0, 0.05) is 12.0 Å². The van der Waals surface area contributed by atoms with Crippen molar-refractivity contribution in [3.8, 4) is 5.88 Å². The number of H-pyrrole nitrogens is 1. The van der Waals surface area contributed by atoms with E-state index < -0.39 is 17.3 Å². The van der Waals surface area contributed by atoms with Crippen molar-refractivity contribution in [2.75, 3.05) is 0 Å². The van der Waals surface area contributed by atoms with Crippen LogP contribution in [0.2, 0.25) is 0 Å².